The number of hydrogen-bond acceptors (Lipinski definition) is 4. The molecule has 0 aliphatic carbocycles. The van der Waals surface area contributed by atoms with E-state index >= 15 is 0 Å². The van der Waals surface area contributed by atoms with Gasteiger partial charge in [-0.05, 0) is 6.42 Å². The highest BCUT2D eigenvalue weighted by Gasteiger charge is 2.08. The normalized spacial score (nSPS) is 10.1. The summed E-state index contributed by atoms with van der Waals surface area (Å²) in [5.74, 6) is -2.68. The third-order valence-electron chi connectivity index (χ3n) is 1.85. The summed E-state index contributed by atoms with van der Waals surface area (Å²) in [5, 5.41) is 2.60. The van der Waals surface area contributed by atoms with Crippen molar-refractivity contribution in [3.05, 3.63) is 17.7 Å². The van der Waals surface area contributed by atoms with Gasteiger partial charge in [0.2, 0.25) is 5.91 Å². The van der Waals surface area contributed by atoms with Crippen molar-refractivity contribution < 1.29 is 13.6 Å². The number of primary amides is 1. The lowest BCUT2D eigenvalue weighted by Crippen LogP contribution is -2.14. The molecule has 1 heterocycles. The smallest absolute Gasteiger partial charge is 0.217 e. The summed E-state index contributed by atoms with van der Waals surface area (Å²) in [4.78, 5) is 13.9. The number of carbonyl (C=O) groups excluding carboxylic acids is 1. The molecule has 0 saturated heterocycles. The first-order valence-electron chi connectivity index (χ1n) is 4.64. The van der Waals surface area contributed by atoms with Gasteiger partial charge in [0.15, 0.2) is 23.3 Å². The lowest BCUT2D eigenvalue weighted by Gasteiger charge is -2.06. The molecule has 0 bridgehead atoms. The van der Waals surface area contributed by atoms with E-state index in [-0.39, 0.29) is 18.1 Å². The summed E-state index contributed by atoms with van der Waals surface area (Å²) in [7, 11) is 0. The molecular formula is C9H12F2N4O. The molecule has 0 radical (unpaired) electrons. The summed E-state index contributed by atoms with van der Waals surface area (Å²) in [6, 6.07) is 0.652. The molecule has 0 fully saturated rings. The van der Waals surface area contributed by atoms with E-state index in [1.54, 1.807) is 0 Å². The second-order valence-corrected chi connectivity index (χ2v) is 3.18. The van der Waals surface area contributed by atoms with Gasteiger partial charge in [0, 0.05) is 19.0 Å². The van der Waals surface area contributed by atoms with E-state index in [1.165, 1.54) is 0 Å². The fraction of sp³-hybridized carbons (Fsp3) is 0.333. The Hall–Kier alpha value is -1.92. The zero-order valence-corrected chi connectivity index (χ0v) is 8.46. The van der Waals surface area contributed by atoms with Gasteiger partial charge < -0.3 is 16.8 Å². The van der Waals surface area contributed by atoms with Gasteiger partial charge in [0.25, 0.3) is 0 Å². The monoisotopic (exact) mass is 230 g/mol. The van der Waals surface area contributed by atoms with Gasteiger partial charge >= 0.3 is 0 Å². The Balaban J connectivity index is 2.54. The van der Waals surface area contributed by atoms with Gasteiger partial charge in [-0.15, -0.1) is 0 Å². The number of nitrogen functional groups attached to an aromatic ring is 1. The highest BCUT2D eigenvalue weighted by molar-refractivity contribution is 5.73. The van der Waals surface area contributed by atoms with Gasteiger partial charge in [0.1, 0.15) is 0 Å². The first-order chi connectivity index (χ1) is 7.50. The lowest BCUT2D eigenvalue weighted by atomic mass is 10.3. The summed E-state index contributed by atoms with van der Waals surface area (Å²) >= 11 is 0. The molecule has 1 aromatic heterocycles. The standard InChI is InChI=1S/C9H12F2N4O/c10-5-4-6(11)9(15-8(5)13)14-3-1-2-7(12)16/h4H,1-3H2,(H2,12,16)(H3,13,14,15). The van der Waals surface area contributed by atoms with Crippen LogP contribution in [0, 0.1) is 11.6 Å². The van der Waals surface area contributed by atoms with Crippen LogP contribution in [0.3, 0.4) is 0 Å². The number of pyridine rings is 1. The molecular weight excluding hydrogens is 218 g/mol. The average Bonchev–Trinajstić information content (AvgIpc) is 2.19. The quantitative estimate of drug-likeness (QED) is 0.646. The first-order valence-corrected chi connectivity index (χ1v) is 4.64. The Morgan fingerprint density at radius 1 is 1.44 bits per heavy atom. The van der Waals surface area contributed by atoms with Crippen LogP contribution in [0.2, 0.25) is 0 Å². The minimum atomic E-state index is -0.903. The van der Waals surface area contributed by atoms with E-state index in [0.29, 0.717) is 19.0 Å². The fourth-order valence-electron chi connectivity index (χ4n) is 1.07. The van der Waals surface area contributed by atoms with Crippen LogP contribution in [-0.4, -0.2) is 17.4 Å². The van der Waals surface area contributed by atoms with Gasteiger partial charge in [-0.1, -0.05) is 0 Å². The van der Waals surface area contributed by atoms with Crippen LogP contribution in [0.1, 0.15) is 12.8 Å². The molecule has 1 aromatic rings. The molecule has 0 aromatic carbocycles. The lowest BCUT2D eigenvalue weighted by molar-refractivity contribution is -0.118. The molecule has 16 heavy (non-hydrogen) atoms. The minimum Gasteiger partial charge on any atom is -0.381 e. The average molecular weight is 230 g/mol. The van der Waals surface area contributed by atoms with E-state index < -0.39 is 17.5 Å². The van der Waals surface area contributed by atoms with Crippen molar-refractivity contribution in [3.8, 4) is 0 Å². The number of aromatic nitrogens is 1. The van der Waals surface area contributed by atoms with E-state index in [2.05, 4.69) is 10.3 Å². The Morgan fingerprint density at radius 3 is 2.75 bits per heavy atom. The van der Waals surface area contributed by atoms with Crippen molar-refractivity contribution in [2.75, 3.05) is 17.6 Å². The zero-order chi connectivity index (χ0) is 12.1. The van der Waals surface area contributed by atoms with Gasteiger partial charge in [-0.2, -0.15) is 0 Å². The van der Waals surface area contributed by atoms with E-state index in [0.717, 1.165) is 0 Å². The SMILES string of the molecule is NC(=O)CCCNc1nc(N)c(F)cc1F. The maximum absolute atomic E-state index is 13.1. The maximum atomic E-state index is 13.1. The third kappa shape index (κ3) is 3.34. The van der Waals surface area contributed by atoms with Crippen molar-refractivity contribution in [1.82, 2.24) is 4.98 Å². The zero-order valence-electron chi connectivity index (χ0n) is 8.46. The predicted octanol–water partition coefficient (Wildman–Crippen LogP) is 0.619. The molecule has 0 unspecified atom stereocenters. The molecule has 88 valence electrons. The van der Waals surface area contributed by atoms with E-state index in [4.69, 9.17) is 11.5 Å². The summed E-state index contributed by atoms with van der Waals surface area (Å²) in [5.41, 5.74) is 10.1. The number of nitrogens with zero attached hydrogens (tertiary/aromatic N) is 1. The van der Waals surface area contributed by atoms with Crippen LogP contribution in [0.5, 0.6) is 0 Å². The van der Waals surface area contributed by atoms with Crippen molar-refractivity contribution in [1.29, 1.82) is 0 Å². The molecule has 5 N–H and O–H groups in total. The minimum absolute atomic E-state index is 0.136. The van der Waals surface area contributed by atoms with Crippen LogP contribution < -0.4 is 16.8 Å². The number of amides is 1. The highest BCUT2D eigenvalue weighted by atomic mass is 19.1. The van der Waals surface area contributed by atoms with E-state index in [1.807, 2.05) is 0 Å². The molecule has 0 atom stereocenters. The van der Waals surface area contributed by atoms with Crippen LogP contribution in [0.15, 0.2) is 6.07 Å². The van der Waals surface area contributed by atoms with Crippen molar-refractivity contribution in [2.45, 2.75) is 12.8 Å². The topological polar surface area (TPSA) is 94.0 Å². The molecule has 0 spiro atoms. The first kappa shape index (κ1) is 12.2. The predicted molar refractivity (Wildman–Crippen MR) is 55.5 cm³/mol. The van der Waals surface area contributed by atoms with Gasteiger partial charge in [-0.3, -0.25) is 4.79 Å². The third-order valence-corrected chi connectivity index (χ3v) is 1.85. The molecule has 0 aliphatic heterocycles. The number of carbonyl (C=O) groups is 1. The van der Waals surface area contributed by atoms with Crippen LogP contribution >= 0.6 is 0 Å². The number of rotatable bonds is 5. The number of halogens is 2. The van der Waals surface area contributed by atoms with Gasteiger partial charge in [-0.25, -0.2) is 13.8 Å². The Bertz CT molecular complexity index is 397. The summed E-state index contributed by atoms with van der Waals surface area (Å²) < 4.78 is 25.8. The van der Waals surface area contributed by atoms with Gasteiger partial charge in [0.05, 0.1) is 0 Å². The molecule has 0 aliphatic rings. The second-order valence-electron chi connectivity index (χ2n) is 3.18. The maximum Gasteiger partial charge on any atom is 0.217 e. The van der Waals surface area contributed by atoms with Crippen molar-refractivity contribution in [3.63, 3.8) is 0 Å². The molecule has 1 rings (SSSR count). The largest absolute Gasteiger partial charge is 0.381 e. The molecule has 7 heteroatoms. The number of nitrogens with one attached hydrogen (secondary N) is 1. The number of nitrogens with two attached hydrogens (primary N) is 2. The van der Waals surface area contributed by atoms with Crippen LogP contribution in [0.4, 0.5) is 20.4 Å². The number of hydrogen-bond donors (Lipinski definition) is 3. The molecule has 1 amide bonds. The van der Waals surface area contributed by atoms with Crippen LogP contribution in [-0.2, 0) is 4.79 Å². The summed E-state index contributed by atoms with van der Waals surface area (Å²) in [6.07, 6.45) is 0.624. The van der Waals surface area contributed by atoms with Crippen molar-refractivity contribution in [2.24, 2.45) is 5.73 Å². The Labute approximate surface area is 90.8 Å². The summed E-state index contributed by atoms with van der Waals surface area (Å²) in [6.45, 7) is 0.304. The number of anilines is 2. The molecule has 0 saturated carbocycles. The Morgan fingerprint density at radius 2 is 2.12 bits per heavy atom. The second kappa shape index (κ2) is 5.24. The van der Waals surface area contributed by atoms with Crippen LogP contribution in [0.25, 0.3) is 0 Å². The highest BCUT2D eigenvalue weighted by Crippen LogP contribution is 2.16. The molecule has 5 nitrogen and oxygen atoms in total. The van der Waals surface area contributed by atoms with E-state index in [9.17, 15) is 13.6 Å². The fourth-order valence-corrected chi connectivity index (χ4v) is 1.07. The Kier molecular flexibility index (Phi) is 3.98. The van der Waals surface area contributed by atoms with Crippen molar-refractivity contribution >= 4 is 17.5 Å².